The van der Waals surface area contributed by atoms with Crippen LogP contribution in [0.4, 0.5) is 5.13 Å². The van der Waals surface area contributed by atoms with Crippen LogP contribution in [-0.2, 0) is 10.0 Å². The fraction of sp³-hybridized carbons (Fsp3) is 0.344. The number of carbonyl (C=O) groups is 1. The van der Waals surface area contributed by atoms with E-state index in [1.54, 1.807) is 6.21 Å². The third-order valence-electron chi connectivity index (χ3n) is 6.30. The summed E-state index contributed by atoms with van der Waals surface area (Å²) < 4.78 is 34.9. The van der Waals surface area contributed by atoms with Crippen LogP contribution in [0.3, 0.4) is 0 Å². The van der Waals surface area contributed by atoms with Gasteiger partial charge in [0.25, 0.3) is 5.91 Å². The number of ether oxygens (including phenoxy) is 1. The number of aromatic nitrogens is 1. The number of hydrogen-bond acceptors (Lipinski definition) is 7. The highest BCUT2D eigenvalue weighted by Crippen LogP contribution is 2.31. The molecule has 42 heavy (non-hydrogen) atoms. The molecule has 0 bridgehead atoms. The number of aryl methyl sites for hydroxylation is 1. The molecule has 0 saturated heterocycles. The SMILES string of the molecule is CCOc1ccc(/C=N/N(C(=O)c2ccc(S(=O)(=O)N(CC(C)C)CC(C)C)cc2)c2nc3ccc(C)cc3s2)cc1. The molecule has 4 aromatic rings. The summed E-state index contributed by atoms with van der Waals surface area (Å²) in [5.74, 6) is 0.690. The number of amides is 1. The number of sulfonamides is 1. The minimum atomic E-state index is -3.72. The van der Waals surface area contributed by atoms with Gasteiger partial charge in [-0.3, -0.25) is 4.79 Å². The van der Waals surface area contributed by atoms with Crippen LogP contribution in [0.15, 0.2) is 76.7 Å². The van der Waals surface area contributed by atoms with Crippen LogP contribution in [0.1, 0.15) is 56.1 Å². The smallest absolute Gasteiger partial charge is 0.280 e. The number of nitrogens with zero attached hydrogens (tertiary/aromatic N) is 4. The van der Waals surface area contributed by atoms with Crippen LogP contribution in [0.25, 0.3) is 10.2 Å². The molecule has 0 fully saturated rings. The molecule has 0 N–H and O–H groups in total. The quantitative estimate of drug-likeness (QED) is 0.128. The molecule has 8 nitrogen and oxygen atoms in total. The van der Waals surface area contributed by atoms with E-state index in [4.69, 9.17) is 4.74 Å². The van der Waals surface area contributed by atoms with Gasteiger partial charge in [-0.15, -0.1) is 0 Å². The summed E-state index contributed by atoms with van der Waals surface area (Å²) in [6.07, 6.45) is 1.60. The van der Waals surface area contributed by atoms with E-state index in [0.717, 1.165) is 27.1 Å². The Balaban J connectivity index is 1.67. The minimum absolute atomic E-state index is 0.153. The van der Waals surface area contributed by atoms with E-state index in [1.807, 2.05) is 84.0 Å². The fourth-order valence-electron chi connectivity index (χ4n) is 4.37. The van der Waals surface area contributed by atoms with Crippen molar-refractivity contribution in [3.8, 4) is 5.75 Å². The molecule has 4 rings (SSSR count). The summed E-state index contributed by atoms with van der Waals surface area (Å²) in [6.45, 7) is 13.3. The number of rotatable bonds is 12. The van der Waals surface area contributed by atoms with Gasteiger partial charge in [-0.05, 0) is 97.5 Å². The highest BCUT2D eigenvalue weighted by atomic mass is 32.2. The second kappa shape index (κ2) is 13.6. The summed E-state index contributed by atoms with van der Waals surface area (Å²) >= 11 is 1.37. The second-order valence-corrected chi connectivity index (χ2v) is 13.9. The second-order valence-electron chi connectivity index (χ2n) is 11.0. The molecule has 0 aliphatic carbocycles. The van der Waals surface area contributed by atoms with E-state index < -0.39 is 15.9 Å². The van der Waals surface area contributed by atoms with Gasteiger partial charge in [-0.2, -0.15) is 14.4 Å². The maximum atomic E-state index is 13.8. The van der Waals surface area contributed by atoms with Gasteiger partial charge in [0, 0.05) is 18.7 Å². The zero-order valence-electron chi connectivity index (χ0n) is 24.9. The molecule has 0 saturated carbocycles. The van der Waals surface area contributed by atoms with Gasteiger partial charge in [-0.25, -0.2) is 13.4 Å². The third-order valence-corrected chi connectivity index (χ3v) is 9.14. The lowest BCUT2D eigenvalue weighted by atomic mass is 10.2. The zero-order valence-corrected chi connectivity index (χ0v) is 26.6. The van der Waals surface area contributed by atoms with Crippen molar-refractivity contribution in [2.45, 2.75) is 46.4 Å². The Hall–Kier alpha value is -3.60. The lowest BCUT2D eigenvalue weighted by Gasteiger charge is -2.25. The molecule has 3 aromatic carbocycles. The van der Waals surface area contributed by atoms with Gasteiger partial charge >= 0.3 is 0 Å². The first-order chi connectivity index (χ1) is 20.0. The lowest BCUT2D eigenvalue weighted by molar-refractivity contribution is 0.0987. The van der Waals surface area contributed by atoms with Crippen molar-refractivity contribution < 1.29 is 17.9 Å². The lowest BCUT2D eigenvalue weighted by Crippen LogP contribution is -2.37. The molecule has 1 aromatic heterocycles. The van der Waals surface area contributed by atoms with E-state index in [0.29, 0.717) is 30.4 Å². The van der Waals surface area contributed by atoms with Gasteiger partial charge in [0.1, 0.15) is 5.75 Å². The normalized spacial score (nSPS) is 12.2. The van der Waals surface area contributed by atoms with Crippen molar-refractivity contribution in [2.75, 3.05) is 24.7 Å². The molecule has 1 amide bonds. The maximum Gasteiger partial charge on any atom is 0.280 e. The van der Waals surface area contributed by atoms with Gasteiger partial charge in [-0.1, -0.05) is 45.1 Å². The van der Waals surface area contributed by atoms with Crippen molar-refractivity contribution in [3.63, 3.8) is 0 Å². The summed E-state index contributed by atoms with van der Waals surface area (Å²) in [7, 11) is -3.72. The molecule has 0 aliphatic heterocycles. The Kier molecular flexibility index (Phi) is 10.1. The van der Waals surface area contributed by atoms with Crippen molar-refractivity contribution in [3.05, 3.63) is 83.4 Å². The Morgan fingerprint density at radius 3 is 2.21 bits per heavy atom. The highest BCUT2D eigenvalue weighted by molar-refractivity contribution is 7.89. The first-order valence-electron chi connectivity index (χ1n) is 14.1. The Morgan fingerprint density at radius 2 is 1.62 bits per heavy atom. The Morgan fingerprint density at radius 1 is 0.976 bits per heavy atom. The van der Waals surface area contributed by atoms with E-state index in [2.05, 4.69) is 10.1 Å². The number of fused-ring (bicyclic) bond motifs is 1. The van der Waals surface area contributed by atoms with Crippen LogP contribution in [-0.4, -0.2) is 49.5 Å². The summed E-state index contributed by atoms with van der Waals surface area (Å²) in [5.41, 5.74) is 2.94. The molecule has 222 valence electrons. The van der Waals surface area contributed by atoms with E-state index in [9.17, 15) is 13.2 Å². The topological polar surface area (TPSA) is 92.2 Å². The first-order valence-corrected chi connectivity index (χ1v) is 16.3. The average molecular weight is 607 g/mol. The molecular weight excluding hydrogens is 569 g/mol. The predicted octanol–water partition coefficient (Wildman–Crippen LogP) is 6.99. The average Bonchev–Trinajstić information content (AvgIpc) is 3.36. The third kappa shape index (κ3) is 7.61. The Labute approximate surface area is 252 Å². The molecule has 0 atom stereocenters. The molecule has 0 unspecified atom stereocenters. The molecule has 0 radical (unpaired) electrons. The van der Waals surface area contributed by atoms with Gasteiger partial charge in [0.15, 0.2) is 0 Å². The van der Waals surface area contributed by atoms with E-state index in [1.165, 1.54) is 44.9 Å². The standard InChI is InChI=1S/C32H38N4O4S2/c1-7-40-27-13-9-25(10-14-27)19-33-36(32-34-29-17-8-24(6)18-30(29)41-32)31(37)26-11-15-28(16-12-26)42(38,39)35(20-22(2)3)21-23(4)5/h8-19,22-23H,7,20-21H2,1-6H3/b33-19+. The maximum absolute atomic E-state index is 13.8. The molecule has 10 heteroatoms. The molecular formula is C32H38N4O4S2. The first kappa shape index (κ1) is 31.3. The Bertz CT molecular complexity index is 1630. The van der Waals surface area contributed by atoms with Crippen molar-refractivity contribution >= 4 is 48.8 Å². The molecule has 0 spiro atoms. The number of hydrogen-bond donors (Lipinski definition) is 0. The van der Waals surface area contributed by atoms with E-state index in [-0.39, 0.29) is 16.7 Å². The summed E-state index contributed by atoms with van der Waals surface area (Å²) in [5, 5.41) is 6.22. The number of benzene rings is 3. The van der Waals surface area contributed by atoms with Gasteiger partial charge in [0.05, 0.1) is 27.9 Å². The number of hydrazone groups is 1. The van der Waals surface area contributed by atoms with Gasteiger partial charge in [0.2, 0.25) is 15.2 Å². The van der Waals surface area contributed by atoms with Crippen molar-refractivity contribution in [1.29, 1.82) is 0 Å². The minimum Gasteiger partial charge on any atom is -0.494 e. The number of thiazole rings is 1. The van der Waals surface area contributed by atoms with Crippen LogP contribution in [0.5, 0.6) is 5.75 Å². The predicted molar refractivity (Wildman–Crippen MR) is 171 cm³/mol. The summed E-state index contributed by atoms with van der Waals surface area (Å²) in [4.78, 5) is 18.7. The monoisotopic (exact) mass is 606 g/mol. The van der Waals surface area contributed by atoms with Crippen molar-refractivity contribution in [1.82, 2.24) is 9.29 Å². The van der Waals surface area contributed by atoms with Crippen LogP contribution < -0.4 is 9.75 Å². The zero-order chi connectivity index (χ0) is 30.4. The van der Waals surface area contributed by atoms with Crippen molar-refractivity contribution in [2.24, 2.45) is 16.9 Å². The molecule has 1 heterocycles. The van der Waals surface area contributed by atoms with Crippen LogP contribution in [0, 0.1) is 18.8 Å². The number of carbonyl (C=O) groups excluding carboxylic acids is 1. The molecule has 0 aliphatic rings. The van der Waals surface area contributed by atoms with Crippen LogP contribution >= 0.6 is 11.3 Å². The largest absolute Gasteiger partial charge is 0.494 e. The fourth-order valence-corrected chi connectivity index (χ4v) is 7.15. The number of anilines is 1. The highest BCUT2D eigenvalue weighted by Gasteiger charge is 2.27. The van der Waals surface area contributed by atoms with Crippen LogP contribution in [0.2, 0.25) is 0 Å². The summed E-state index contributed by atoms with van der Waals surface area (Å²) in [6, 6.07) is 19.4. The van der Waals surface area contributed by atoms with E-state index >= 15 is 0 Å². The van der Waals surface area contributed by atoms with Gasteiger partial charge < -0.3 is 4.74 Å².